The van der Waals surface area contributed by atoms with E-state index in [-0.39, 0.29) is 106 Å². The van der Waals surface area contributed by atoms with Gasteiger partial charge in [-0.3, -0.25) is 0 Å². The van der Waals surface area contributed by atoms with Crippen LogP contribution in [0.1, 0.15) is 0 Å². The number of hydrogen-bond acceptors (Lipinski definition) is 12. The second-order valence-electron chi connectivity index (χ2n) is 6.01. The van der Waals surface area contributed by atoms with Gasteiger partial charge in [-0.2, -0.15) is 0 Å². The third-order valence-corrected chi connectivity index (χ3v) is 6.52. The minimum atomic E-state index is -5.32. The van der Waals surface area contributed by atoms with E-state index in [1.165, 1.54) is 24.3 Å². The minimum absolute atomic E-state index is 0. The van der Waals surface area contributed by atoms with E-state index < -0.39 is 56.5 Å². The smallest absolute Gasteiger partial charge is 0.744 e. The number of rotatable bonds is 5. The van der Waals surface area contributed by atoms with Gasteiger partial charge in [0.15, 0.2) is 0 Å². The molecule has 0 atom stereocenters. The van der Waals surface area contributed by atoms with Crippen LogP contribution in [0.3, 0.4) is 0 Å². The number of nitrogens with zero attached hydrogens (tertiary/aromatic N) is 2. The quantitative estimate of drug-likeness (QED) is 0.178. The molecule has 1 N–H and O–H groups in total. The molecule has 0 bridgehead atoms. The van der Waals surface area contributed by atoms with Crippen LogP contribution in [-0.4, -0.2) is 44.0 Å². The fourth-order valence-electron chi connectivity index (χ4n) is 2.61. The van der Waals surface area contributed by atoms with Gasteiger partial charge in [0.1, 0.15) is 41.8 Å². The number of azo groups is 1. The number of benzene rings is 3. The van der Waals surface area contributed by atoms with Crippen molar-refractivity contribution < 1.29 is 133 Å². The topological polar surface area (TPSA) is 217 Å². The van der Waals surface area contributed by atoms with Crippen molar-refractivity contribution in [1.82, 2.24) is 0 Å². The van der Waals surface area contributed by atoms with E-state index in [2.05, 4.69) is 10.2 Å². The van der Waals surface area contributed by atoms with Gasteiger partial charge in [-0.15, -0.1) is 10.2 Å². The third-order valence-electron chi connectivity index (χ3n) is 3.96. The van der Waals surface area contributed by atoms with Crippen LogP contribution in [0.2, 0.25) is 0 Å². The van der Waals surface area contributed by atoms with E-state index >= 15 is 0 Å². The van der Waals surface area contributed by atoms with Gasteiger partial charge in [-0.1, -0.05) is 18.2 Å². The zero-order valence-electron chi connectivity index (χ0n) is 17.9. The van der Waals surface area contributed by atoms with Gasteiger partial charge in [0.05, 0.1) is 20.4 Å². The molecule has 0 radical (unpaired) electrons. The maximum atomic E-state index is 11.5. The van der Waals surface area contributed by atoms with Gasteiger partial charge >= 0.3 is 88.7 Å². The number of phenolic OH excluding ortho intramolecular Hbond substituents is 1. The van der Waals surface area contributed by atoms with Crippen molar-refractivity contribution in [2.75, 3.05) is 0 Å². The van der Waals surface area contributed by atoms with E-state index in [0.29, 0.717) is 11.5 Å². The van der Waals surface area contributed by atoms with Crippen LogP contribution in [0.4, 0.5) is 11.4 Å². The first-order chi connectivity index (χ1) is 14.2. The molecule has 0 aliphatic heterocycles. The van der Waals surface area contributed by atoms with Crippen LogP contribution < -0.4 is 88.7 Å². The summed E-state index contributed by atoms with van der Waals surface area (Å²) in [6, 6.07) is 8.31. The van der Waals surface area contributed by atoms with E-state index in [4.69, 9.17) is 0 Å². The van der Waals surface area contributed by atoms with Crippen LogP contribution in [0, 0.1) is 0 Å². The van der Waals surface area contributed by atoms with Crippen molar-refractivity contribution in [3.8, 4) is 5.75 Å². The van der Waals surface area contributed by atoms with Gasteiger partial charge in [0, 0.05) is 11.5 Å². The molecule has 0 spiro atoms. The predicted molar refractivity (Wildman–Crippen MR) is 100 cm³/mol. The Bertz CT molecular complexity index is 1580. The summed E-state index contributed by atoms with van der Waals surface area (Å²) in [5.41, 5.74) is -0.683. The molecular formula is C16H9N2Na3O10S3. The first-order valence-electron chi connectivity index (χ1n) is 7.87. The van der Waals surface area contributed by atoms with Crippen LogP contribution in [0.15, 0.2) is 73.4 Å². The molecule has 18 heteroatoms. The number of phenols is 1. The van der Waals surface area contributed by atoms with Gasteiger partial charge in [-0.25, -0.2) is 25.3 Å². The molecule has 12 nitrogen and oxygen atoms in total. The number of fused-ring (bicyclic) bond motifs is 1. The first kappa shape index (κ1) is 34.0. The Kier molecular flexibility index (Phi) is 12.5. The van der Waals surface area contributed by atoms with Crippen molar-refractivity contribution >= 4 is 52.5 Å². The largest absolute Gasteiger partial charge is 1.00 e. The molecule has 0 aliphatic rings. The Morgan fingerprint density at radius 3 is 1.74 bits per heavy atom. The molecule has 3 aromatic carbocycles. The van der Waals surface area contributed by atoms with Crippen LogP contribution >= 0.6 is 0 Å². The second-order valence-corrected chi connectivity index (χ2v) is 10.1. The third kappa shape index (κ3) is 8.03. The van der Waals surface area contributed by atoms with Crippen LogP contribution in [0.25, 0.3) is 10.8 Å². The summed E-state index contributed by atoms with van der Waals surface area (Å²) >= 11 is 0. The van der Waals surface area contributed by atoms with Crippen LogP contribution in [0.5, 0.6) is 5.75 Å². The molecule has 0 heterocycles. The van der Waals surface area contributed by atoms with Crippen LogP contribution in [-0.2, 0) is 30.4 Å². The van der Waals surface area contributed by atoms with E-state index in [0.717, 1.165) is 12.1 Å². The van der Waals surface area contributed by atoms with Crippen molar-refractivity contribution in [3.63, 3.8) is 0 Å². The molecule has 0 saturated carbocycles. The fraction of sp³-hybridized carbons (Fsp3) is 0. The van der Waals surface area contributed by atoms with Crippen molar-refractivity contribution in [2.24, 2.45) is 10.2 Å². The van der Waals surface area contributed by atoms with Gasteiger partial charge in [0.2, 0.25) is 0 Å². The van der Waals surface area contributed by atoms with E-state index in [1.54, 1.807) is 0 Å². The van der Waals surface area contributed by atoms with E-state index in [9.17, 15) is 44.0 Å². The minimum Gasteiger partial charge on any atom is -0.744 e. The average Bonchev–Trinajstić information content (AvgIpc) is 2.63. The second kappa shape index (κ2) is 12.5. The fourth-order valence-corrected chi connectivity index (χ4v) is 4.39. The molecule has 0 aromatic heterocycles. The maximum absolute atomic E-state index is 11.5. The summed E-state index contributed by atoms with van der Waals surface area (Å²) in [5.74, 6) is -1.14. The summed E-state index contributed by atoms with van der Waals surface area (Å²) in [7, 11) is -15.3. The number of hydrogen-bond donors (Lipinski definition) is 1. The van der Waals surface area contributed by atoms with Gasteiger partial charge < -0.3 is 18.8 Å². The predicted octanol–water partition coefficient (Wildman–Crippen LogP) is -7.31. The van der Waals surface area contributed by atoms with Crippen molar-refractivity contribution in [1.29, 1.82) is 0 Å². The first-order valence-corrected chi connectivity index (χ1v) is 12.1. The molecule has 0 unspecified atom stereocenters. The Morgan fingerprint density at radius 1 is 0.647 bits per heavy atom. The van der Waals surface area contributed by atoms with Gasteiger partial charge in [0.25, 0.3) is 0 Å². The normalized spacial score (nSPS) is 12.0. The molecule has 0 fully saturated rings. The summed E-state index contributed by atoms with van der Waals surface area (Å²) in [4.78, 5) is -3.02. The van der Waals surface area contributed by atoms with Gasteiger partial charge in [-0.05, 0) is 29.7 Å². The molecule has 0 amide bonds. The summed E-state index contributed by atoms with van der Waals surface area (Å²) in [6.07, 6.45) is 0. The molecule has 3 aromatic rings. The monoisotopic (exact) mass is 554 g/mol. The molecule has 0 saturated heterocycles. The summed E-state index contributed by atoms with van der Waals surface area (Å²) < 4.78 is 101. The summed E-state index contributed by atoms with van der Waals surface area (Å²) in [6.45, 7) is 0. The van der Waals surface area contributed by atoms with Crippen molar-refractivity contribution in [3.05, 3.63) is 48.5 Å². The Morgan fingerprint density at radius 2 is 1.21 bits per heavy atom. The Labute approximate surface area is 261 Å². The molecule has 164 valence electrons. The van der Waals surface area contributed by atoms with Crippen molar-refractivity contribution in [2.45, 2.75) is 14.7 Å². The molecule has 3 rings (SSSR count). The number of aromatic hydroxyl groups is 1. The zero-order valence-corrected chi connectivity index (χ0v) is 26.3. The standard InChI is InChI=1S/C16H12N2O10S3.3Na/c19-14-7-13(15(30(23,24)25)8-16(14)31(26,27)28)18-17-12-3-1-2-9-6-10(29(20,21)22)4-5-11(9)12;;;/h1-8,19H,(H,20,21,22)(H,23,24,25)(H,26,27,28);;;/q;3*+1/p-3. The molecule has 0 aliphatic carbocycles. The summed E-state index contributed by atoms with van der Waals surface area (Å²) in [5, 5.41) is 17.6. The Hall–Kier alpha value is 0.0500. The zero-order chi connectivity index (χ0) is 23.2. The Balaban J connectivity index is 0.00000363. The maximum Gasteiger partial charge on any atom is 1.00 e. The molecule has 34 heavy (non-hydrogen) atoms. The van der Waals surface area contributed by atoms with E-state index in [1.807, 2.05) is 0 Å². The SMILES string of the molecule is O=S(=O)([O-])c1ccc2c(N=Nc3cc(O)c(S(=O)(=O)[O-])cc3S(=O)(=O)[O-])cccc2c1.[Na+].[Na+].[Na+]. The molecular weight excluding hydrogens is 545 g/mol. The average molecular weight is 554 g/mol.